The first-order valence-electron chi connectivity index (χ1n) is 5.42. The number of hydrogen-bond acceptors (Lipinski definition) is 2. The van der Waals surface area contributed by atoms with Gasteiger partial charge in [0.1, 0.15) is 5.75 Å². The van der Waals surface area contributed by atoms with Gasteiger partial charge in [-0.1, -0.05) is 0 Å². The van der Waals surface area contributed by atoms with E-state index < -0.39 is 11.6 Å². The van der Waals surface area contributed by atoms with Gasteiger partial charge in [0.2, 0.25) is 0 Å². The van der Waals surface area contributed by atoms with Gasteiger partial charge >= 0.3 is 0 Å². The van der Waals surface area contributed by atoms with Crippen LogP contribution in [-0.2, 0) is 0 Å². The van der Waals surface area contributed by atoms with Gasteiger partial charge in [-0.2, -0.15) is 0 Å². The Bertz CT molecular complexity index is 444. The molecule has 5 heteroatoms. The molecule has 3 nitrogen and oxygen atoms in total. The number of nitrogens with two attached hydrogens (primary N) is 1. The number of nitrogens with one attached hydrogen (secondary N) is 1. The molecular weight excluding hydrogens is 226 g/mol. The summed E-state index contributed by atoms with van der Waals surface area (Å²) in [5.74, 6) is -1.36. The zero-order valence-corrected chi connectivity index (χ0v) is 9.30. The summed E-state index contributed by atoms with van der Waals surface area (Å²) in [7, 11) is 0. The first-order chi connectivity index (χ1) is 8.01. The molecule has 0 aliphatic heterocycles. The maximum atomic E-state index is 12.9. The third kappa shape index (κ3) is 2.93. The molecule has 0 unspecified atom stereocenters. The minimum Gasteiger partial charge on any atom is -0.493 e. The van der Waals surface area contributed by atoms with Crippen LogP contribution in [0.3, 0.4) is 0 Å². The van der Waals surface area contributed by atoms with Crippen LogP contribution in [0, 0.1) is 22.5 Å². The highest BCUT2D eigenvalue weighted by Gasteiger charge is 2.43. The van der Waals surface area contributed by atoms with E-state index >= 15 is 0 Å². The molecule has 2 rings (SSSR count). The summed E-state index contributed by atoms with van der Waals surface area (Å²) in [5, 5.41) is 7.25. The molecule has 92 valence electrons. The summed E-state index contributed by atoms with van der Waals surface area (Å²) >= 11 is 0. The lowest BCUT2D eigenvalue weighted by molar-refractivity contribution is 0.237. The number of ether oxygens (including phenoxy) is 1. The maximum Gasteiger partial charge on any atom is 0.162 e. The lowest BCUT2D eigenvalue weighted by Gasteiger charge is -2.15. The molecule has 0 amide bonds. The average molecular weight is 240 g/mol. The minimum absolute atomic E-state index is 0.0727. The predicted octanol–water partition coefficient (Wildman–Crippen LogP) is 2.45. The Balaban J connectivity index is 1.94. The van der Waals surface area contributed by atoms with E-state index in [1.807, 2.05) is 0 Å². The molecule has 0 saturated heterocycles. The van der Waals surface area contributed by atoms with Crippen molar-refractivity contribution in [3.63, 3.8) is 0 Å². The third-order valence-electron chi connectivity index (χ3n) is 2.96. The fraction of sp³-hybridized carbons (Fsp3) is 0.417. The summed E-state index contributed by atoms with van der Waals surface area (Å²) in [5.41, 5.74) is 5.28. The van der Waals surface area contributed by atoms with Crippen LogP contribution in [0.2, 0.25) is 0 Å². The molecule has 1 aromatic carbocycles. The first kappa shape index (κ1) is 11.8. The summed E-state index contributed by atoms with van der Waals surface area (Å²) in [4.78, 5) is 0. The minimum atomic E-state index is -0.918. The van der Waals surface area contributed by atoms with Gasteiger partial charge in [0, 0.05) is 17.9 Å². The standard InChI is InChI=1S/C12H14F2N2O/c13-9-2-1-8(5-10(9)14)17-7-12(3-4-12)6-11(15)16/h1-2,5H,3-4,6-7H2,(H3,15,16). The topological polar surface area (TPSA) is 59.1 Å². The van der Waals surface area contributed by atoms with E-state index in [2.05, 4.69) is 0 Å². The second kappa shape index (κ2) is 4.31. The van der Waals surface area contributed by atoms with Gasteiger partial charge in [-0.05, 0) is 25.0 Å². The second-order valence-corrected chi connectivity index (χ2v) is 4.57. The zero-order valence-electron chi connectivity index (χ0n) is 9.30. The van der Waals surface area contributed by atoms with Crippen molar-refractivity contribution in [2.45, 2.75) is 19.3 Å². The molecule has 1 fully saturated rings. The van der Waals surface area contributed by atoms with Crippen molar-refractivity contribution in [3.8, 4) is 5.75 Å². The van der Waals surface area contributed by atoms with Crippen LogP contribution in [0.25, 0.3) is 0 Å². The summed E-state index contributed by atoms with van der Waals surface area (Å²) in [6.07, 6.45) is 2.41. The number of rotatable bonds is 5. The van der Waals surface area contributed by atoms with E-state index in [1.54, 1.807) is 0 Å². The molecule has 0 spiro atoms. The first-order valence-corrected chi connectivity index (χ1v) is 5.42. The Morgan fingerprint density at radius 2 is 2.06 bits per heavy atom. The van der Waals surface area contributed by atoms with E-state index in [0.717, 1.165) is 25.0 Å². The zero-order chi connectivity index (χ0) is 12.5. The van der Waals surface area contributed by atoms with Crippen molar-refractivity contribution in [1.29, 1.82) is 5.41 Å². The lowest BCUT2D eigenvalue weighted by atomic mass is 10.0. The Morgan fingerprint density at radius 3 is 2.59 bits per heavy atom. The van der Waals surface area contributed by atoms with Gasteiger partial charge in [-0.15, -0.1) is 0 Å². The Morgan fingerprint density at radius 1 is 1.35 bits per heavy atom. The predicted molar refractivity (Wildman–Crippen MR) is 60.1 cm³/mol. The number of benzene rings is 1. The van der Waals surface area contributed by atoms with Crippen molar-refractivity contribution >= 4 is 5.84 Å². The van der Waals surface area contributed by atoms with Gasteiger partial charge in [0.25, 0.3) is 0 Å². The van der Waals surface area contributed by atoms with E-state index in [-0.39, 0.29) is 11.3 Å². The van der Waals surface area contributed by atoms with Gasteiger partial charge in [-0.3, -0.25) is 5.41 Å². The number of amidine groups is 1. The van der Waals surface area contributed by atoms with Crippen LogP contribution in [-0.4, -0.2) is 12.4 Å². The lowest BCUT2D eigenvalue weighted by Crippen LogP contribution is -2.21. The molecule has 0 atom stereocenters. The molecule has 1 aliphatic carbocycles. The van der Waals surface area contributed by atoms with Crippen molar-refractivity contribution in [2.75, 3.05) is 6.61 Å². The SMILES string of the molecule is N=C(N)CC1(COc2ccc(F)c(F)c2)CC1. The molecule has 1 aromatic rings. The van der Waals surface area contributed by atoms with Crippen molar-refractivity contribution in [1.82, 2.24) is 0 Å². The Labute approximate surface area is 98.1 Å². The van der Waals surface area contributed by atoms with Crippen molar-refractivity contribution in [2.24, 2.45) is 11.1 Å². The summed E-state index contributed by atoms with van der Waals surface area (Å²) < 4.78 is 31.0. The van der Waals surface area contributed by atoms with Crippen molar-refractivity contribution in [3.05, 3.63) is 29.8 Å². The van der Waals surface area contributed by atoms with Gasteiger partial charge < -0.3 is 10.5 Å². The van der Waals surface area contributed by atoms with Crippen LogP contribution in [0.15, 0.2) is 18.2 Å². The van der Waals surface area contributed by atoms with E-state index in [0.29, 0.717) is 18.8 Å². The molecule has 0 bridgehead atoms. The molecule has 3 N–H and O–H groups in total. The van der Waals surface area contributed by atoms with Crippen LogP contribution in [0.5, 0.6) is 5.75 Å². The van der Waals surface area contributed by atoms with E-state index in [1.165, 1.54) is 6.07 Å². The number of halogens is 2. The average Bonchev–Trinajstić information content (AvgIpc) is 2.99. The quantitative estimate of drug-likeness (QED) is 0.613. The van der Waals surface area contributed by atoms with Crippen LogP contribution >= 0.6 is 0 Å². The normalized spacial score (nSPS) is 16.6. The summed E-state index contributed by atoms with van der Waals surface area (Å²) in [6, 6.07) is 3.46. The van der Waals surface area contributed by atoms with Gasteiger partial charge in [0.05, 0.1) is 12.4 Å². The van der Waals surface area contributed by atoms with Gasteiger partial charge in [0.15, 0.2) is 11.6 Å². The van der Waals surface area contributed by atoms with Crippen LogP contribution in [0.1, 0.15) is 19.3 Å². The fourth-order valence-corrected chi connectivity index (χ4v) is 1.76. The van der Waals surface area contributed by atoms with E-state index in [9.17, 15) is 8.78 Å². The third-order valence-corrected chi connectivity index (χ3v) is 2.96. The molecule has 17 heavy (non-hydrogen) atoms. The Kier molecular flexibility index (Phi) is 3.00. The van der Waals surface area contributed by atoms with E-state index in [4.69, 9.17) is 15.9 Å². The summed E-state index contributed by atoms with van der Waals surface area (Å²) in [6.45, 7) is 0.387. The number of hydrogen-bond donors (Lipinski definition) is 2. The maximum absolute atomic E-state index is 12.9. The Hall–Kier alpha value is -1.65. The van der Waals surface area contributed by atoms with Crippen molar-refractivity contribution < 1.29 is 13.5 Å². The molecule has 0 heterocycles. The monoisotopic (exact) mass is 240 g/mol. The smallest absolute Gasteiger partial charge is 0.162 e. The molecule has 0 aromatic heterocycles. The largest absolute Gasteiger partial charge is 0.493 e. The molecule has 1 aliphatic rings. The fourth-order valence-electron chi connectivity index (χ4n) is 1.76. The highest BCUT2D eigenvalue weighted by Crippen LogP contribution is 2.48. The second-order valence-electron chi connectivity index (χ2n) is 4.57. The molecule has 0 radical (unpaired) electrons. The van der Waals surface area contributed by atoms with Crippen LogP contribution < -0.4 is 10.5 Å². The molecular formula is C12H14F2N2O. The van der Waals surface area contributed by atoms with Gasteiger partial charge in [-0.25, -0.2) is 8.78 Å². The molecule has 1 saturated carbocycles. The highest BCUT2D eigenvalue weighted by molar-refractivity contribution is 5.78. The highest BCUT2D eigenvalue weighted by atomic mass is 19.2. The van der Waals surface area contributed by atoms with Crippen LogP contribution in [0.4, 0.5) is 8.78 Å².